The smallest absolute Gasteiger partial charge is 0.227 e. The van der Waals surface area contributed by atoms with E-state index in [1.165, 1.54) is 27.6 Å². The molecule has 0 saturated heterocycles. The fourth-order valence-corrected chi connectivity index (χ4v) is 3.78. The number of aromatic nitrogens is 1. The van der Waals surface area contributed by atoms with Crippen molar-refractivity contribution in [3.8, 4) is 0 Å². The van der Waals surface area contributed by atoms with Crippen molar-refractivity contribution in [2.45, 2.75) is 26.3 Å². The Morgan fingerprint density at radius 1 is 1.08 bits per heavy atom. The van der Waals surface area contributed by atoms with Crippen LogP contribution < -0.4 is 0 Å². The van der Waals surface area contributed by atoms with Crippen LogP contribution in [0.1, 0.15) is 22.3 Å². The highest BCUT2D eigenvalue weighted by atomic mass is 16.2. The molecule has 1 aliphatic rings. The standard InChI is InChI=1S/C21H22N2O/c1-15-6-3-4-7-16(15)12-20(24)23-11-10-18-13-22(2)19-9-5-8-17(14-23)21(18)19/h3-9,13H,10-12,14H2,1-2H3. The number of carbonyl (C=O) groups excluding carboxylic acids is 1. The van der Waals surface area contributed by atoms with Gasteiger partial charge in [0.2, 0.25) is 5.91 Å². The summed E-state index contributed by atoms with van der Waals surface area (Å²) >= 11 is 0. The van der Waals surface area contributed by atoms with Gasteiger partial charge in [-0.2, -0.15) is 0 Å². The minimum Gasteiger partial charge on any atom is -0.350 e. The van der Waals surface area contributed by atoms with Crippen LogP contribution in [0.15, 0.2) is 48.7 Å². The Bertz CT molecular complexity index is 923. The molecule has 2 aromatic carbocycles. The van der Waals surface area contributed by atoms with E-state index >= 15 is 0 Å². The van der Waals surface area contributed by atoms with E-state index in [1.54, 1.807) is 0 Å². The molecule has 1 aromatic heterocycles. The molecule has 0 atom stereocenters. The fourth-order valence-electron chi connectivity index (χ4n) is 3.78. The van der Waals surface area contributed by atoms with Gasteiger partial charge in [-0.25, -0.2) is 0 Å². The van der Waals surface area contributed by atoms with E-state index in [4.69, 9.17) is 0 Å². The van der Waals surface area contributed by atoms with E-state index < -0.39 is 0 Å². The maximum absolute atomic E-state index is 12.9. The predicted molar refractivity (Wildman–Crippen MR) is 96.9 cm³/mol. The van der Waals surface area contributed by atoms with Crippen LogP contribution in [0.3, 0.4) is 0 Å². The first-order valence-electron chi connectivity index (χ1n) is 8.51. The van der Waals surface area contributed by atoms with Crippen molar-refractivity contribution < 1.29 is 4.79 Å². The summed E-state index contributed by atoms with van der Waals surface area (Å²) in [6.07, 6.45) is 3.62. The van der Waals surface area contributed by atoms with Gasteiger partial charge in [0, 0.05) is 37.2 Å². The SMILES string of the molecule is Cc1ccccc1CC(=O)N1CCc2cn(C)c3cccc(c23)C1. The quantitative estimate of drug-likeness (QED) is 0.708. The van der Waals surface area contributed by atoms with Gasteiger partial charge in [0.15, 0.2) is 0 Å². The third-order valence-corrected chi connectivity index (χ3v) is 5.15. The molecule has 0 aliphatic carbocycles. The van der Waals surface area contributed by atoms with Gasteiger partial charge in [0.25, 0.3) is 0 Å². The number of benzene rings is 2. The molecule has 0 saturated carbocycles. The summed E-state index contributed by atoms with van der Waals surface area (Å²) in [6, 6.07) is 14.6. The lowest BCUT2D eigenvalue weighted by atomic mass is 10.0. The second-order valence-electron chi connectivity index (χ2n) is 6.75. The van der Waals surface area contributed by atoms with Crippen LogP contribution in [-0.4, -0.2) is 21.9 Å². The zero-order valence-electron chi connectivity index (χ0n) is 14.2. The molecule has 0 bridgehead atoms. The molecule has 3 aromatic rings. The van der Waals surface area contributed by atoms with Crippen LogP contribution in [0.25, 0.3) is 10.9 Å². The number of amides is 1. The first kappa shape index (κ1) is 15.0. The summed E-state index contributed by atoms with van der Waals surface area (Å²) in [4.78, 5) is 14.9. The lowest BCUT2D eigenvalue weighted by Gasteiger charge is -2.22. The summed E-state index contributed by atoms with van der Waals surface area (Å²) < 4.78 is 2.19. The monoisotopic (exact) mass is 318 g/mol. The number of aryl methyl sites for hydroxylation is 2. The van der Waals surface area contributed by atoms with Crippen molar-refractivity contribution in [1.29, 1.82) is 0 Å². The van der Waals surface area contributed by atoms with Crippen LogP contribution in [0, 0.1) is 6.92 Å². The van der Waals surface area contributed by atoms with Crippen molar-refractivity contribution in [2.75, 3.05) is 6.54 Å². The van der Waals surface area contributed by atoms with Gasteiger partial charge in [0.05, 0.1) is 6.42 Å². The van der Waals surface area contributed by atoms with Gasteiger partial charge in [-0.05, 0) is 41.7 Å². The maximum atomic E-state index is 12.9. The Balaban J connectivity index is 1.62. The zero-order valence-corrected chi connectivity index (χ0v) is 14.2. The first-order valence-corrected chi connectivity index (χ1v) is 8.51. The second-order valence-corrected chi connectivity index (χ2v) is 6.75. The Hall–Kier alpha value is -2.55. The molecular weight excluding hydrogens is 296 g/mol. The van der Waals surface area contributed by atoms with E-state index in [-0.39, 0.29) is 5.91 Å². The lowest BCUT2D eigenvalue weighted by molar-refractivity contribution is -0.131. The average Bonchev–Trinajstić information content (AvgIpc) is 2.78. The van der Waals surface area contributed by atoms with Crippen molar-refractivity contribution >= 4 is 16.8 Å². The molecule has 0 N–H and O–H groups in total. The Labute approximate surface area is 142 Å². The average molecular weight is 318 g/mol. The molecule has 3 heteroatoms. The van der Waals surface area contributed by atoms with Crippen LogP contribution in [-0.2, 0) is 31.2 Å². The van der Waals surface area contributed by atoms with E-state index in [0.29, 0.717) is 13.0 Å². The zero-order chi connectivity index (χ0) is 16.7. The molecule has 1 aliphatic heterocycles. The van der Waals surface area contributed by atoms with E-state index in [0.717, 1.165) is 18.5 Å². The highest BCUT2D eigenvalue weighted by Crippen LogP contribution is 2.29. The largest absolute Gasteiger partial charge is 0.350 e. The van der Waals surface area contributed by atoms with Crippen molar-refractivity contribution in [2.24, 2.45) is 7.05 Å². The molecule has 24 heavy (non-hydrogen) atoms. The molecule has 122 valence electrons. The lowest BCUT2D eigenvalue weighted by Crippen LogP contribution is -2.32. The molecule has 1 amide bonds. The molecular formula is C21H22N2O. The van der Waals surface area contributed by atoms with Crippen LogP contribution in [0.5, 0.6) is 0 Å². The summed E-state index contributed by atoms with van der Waals surface area (Å²) in [5.41, 5.74) is 6.19. The summed E-state index contributed by atoms with van der Waals surface area (Å²) in [7, 11) is 2.10. The van der Waals surface area contributed by atoms with Gasteiger partial charge in [0.1, 0.15) is 0 Å². The molecule has 3 nitrogen and oxygen atoms in total. The Morgan fingerprint density at radius 3 is 2.75 bits per heavy atom. The highest BCUT2D eigenvalue weighted by Gasteiger charge is 2.22. The van der Waals surface area contributed by atoms with Crippen molar-refractivity contribution in [3.63, 3.8) is 0 Å². The molecule has 4 rings (SSSR count). The minimum absolute atomic E-state index is 0.218. The normalized spacial score (nSPS) is 14.0. The third kappa shape index (κ3) is 2.50. The summed E-state index contributed by atoms with van der Waals surface area (Å²) in [5, 5.41) is 1.34. The fraction of sp³-hybridized carbons (Fsp3) is 0.286. The highest BCUT2D eigenvalue weighted by molar-refractivity contribution is 5.88. The van der Waals surface area contributed by atoms with Gasteiger partial charge >= 0.3 is 0 Å². The number of rotatable bonds is 2. The predicted octanol–water partition coefficient (Wildman–Crippen LogP) is 3.61. The van der Waals surface area contributed by atoms with E-state index in [1.807, 2.05) is 17.0 Å². The molecule has 2 heterocycles. The van der Waals surface area contributed by atoms with Gasteiger partial charge in [-0.1, -0.05) is 36.4 Å². The van der Waals surface area contributed by atoms with Crippen LogP contribution >= 0.6 is 0 Å². The Morgan fingerprint density at radius 2 is 1.92 bits per heavy atom. The first-order chi connectivity index (χ1) is 11.6. The Kier molecular flexibility index (Phi) is 3.64. The van der Waals surface area contributed by atoms with Gasteiger partial charge in [-0.15, -0.1) is 0 Å². The summed E-state index contributed by atoms with van der Waals surface area (Å²) in [5.74, 6) is 0.218. The van der Waals surface area contributed by atoms with E-state index in [2.05, 4.69) is 55.1 Å². The van der Waals surface area contributed by atoms with Gasteiger partial charge in [-0.3, -0.25) is 4.79 Å². The molecule has 0 radical (unpaired) electrons. The number of nitrogens with zero attached hydrogens (tertiary/aromatic N) is 2. The van der Waals surface area contributed by atoms with Crippen molar-refractivity contribution in [1.82, 2.24) is 9.47 Å². The number of carbonyl (C=O) groups is 1. The molecule has 0 spiro atoms. The minimum atomic E-state index is 0.218. The number of hydrogen-bond donors (Lipinski definition) is 0. The second kappa shape index (κ2) is 5.82. The molecule has 0 unspecified atom stereocenters. The van der Waals surface area contributed by atoms with Crippen LogP contribution in [0.4, 0.5) is 0 Å². The molecule has 0 fully saturated rings. The van der Waals surface area contributed by atoms with Crippen LogP contribution in [0.2, 0.25) is 0 Å². The summed E-state index contributed by atoms with van der Waals surface area (Å²) in [6.45, 7) is 3.57. The van der Waals surface area contributed by atoms with Crippen molar-refractivity contribution in [3.05, 3.63) is 70.9 Å². The maximum Gasteiger partial charge on any atom is 0.227 e. The van der Waals surface area contributed by atoms with Gasteiger partial charge < -0.3 is 9.47 Å². The topological polar surface area (TPSA) is 25.2 Å². The van der Waals surface area contributed by atoms with E-state index in [9.17, 15) is 4.79 Å². The third-order valence-electron chi connectivity index (χ3n) is 5.15. The number of hydrogen-bond acceptors (Lipinski definition) is 1.